The standard InChI is InChI=1S/C16H17N5O3/c1-24-8-4-7-21-13(17)10(14(18)22)9-11-15(21)19-12-5-2-3-6-20(12)16(11)23/h2-3,5-6,9,17H,4,7-8H2,1H3,(H2,18,22)/p+1. The zero-order valence-corrected chi connectivity index (χ0v) is 13.2. The second-order valence-corrected chi connectivity index (χ2v) is 5.39. The molecule has 8 heteroatoms. The van der Waals surface area contributed by atoms with E-state index in [-0.39, 0.29) is 16.9 Å². The number of primary amides is 1. The third-order valence-corrected chi connectivity index (χ3v) is 3.86. The number of hydrogen-bond donors (Lipinski definition) is 2. The Morgan fingerprint density at radius 2 is 2.21 bits per heavy atom. The molecule has 3 aromatic heterocycles. The van der Waals surface area contributed by atoms with Gasteiger partial charge < -0.3 is 16.2 Å². The molecule has 0 atom stereocenters. The summed E-state index contributed by atoms with van der Waals surface area (Å²) in [6.45, 7) is 0.966. The van der Waals surface area contributed by atoms with Gasteiger partial charge in [0, 0.05) is 26.3 Å². The number of aromatic nitrogens is 3. The van der Waals surface area contributed by atoms with Crippen LogP contribution in [0.25, 0.3) is 16.7 Å². The fourth-order valence-electron chi connectivity index (χ4n) is 2.69. The maximum atomic E-state index is 12.7. The fraction of sp³-hybridized carbons (Fsp3) is 0.250. The molecule has 1 amide bonds. The summed E-state index contributed by atoms with van der Waals surface area (Å²) in [5, 5.41) is 0.291. The second-order valence-electron chi connectivity index (χ2n) is 5.39. The lowest BCUT2D eigenvalue weighted by molar-refractivity contribution is -0.659. The van der Waals surface area contributed by atoms with E-state index in [1.807, 2.05) is 0 Å². The van der Waals surface area contributed by atoms with Crippen molar-refractivity contribution in [3.8, 4) is 0 Å². The molecular weight excluding hydrogens is 310 g/mol. The number of carbonyl (C=O) groups excluding carboxylic acids is 1. The van der Waals surface area contributed by atoms with Gasteiger partial charge in [0.15, 0.2) is 0 Å². The summed E-state index contributed by atoms with van der Waals surface area (Å²) in [4.78, 5) is 29.0. The quantitative estimate of drug-likeness (QED) is 0.384. The number of nitrogens with two attached hydrogens (primary N) is 2. The van der Waals surface area contributed by atoms with E-state index in [1.54, 1.807) is 36.1 Å². The summed E-state index contributed by atoms with van der Waals surface area (Å²) in [6.07, 6.45) is 2.28. The lowest BCUT2D eigenvalue weighted by Gasteiger charge is -2.10. The average Bonchev–Trinajstić information content (AvgIpc) is 2.57. The molecule has 3 aromatic rings. The SMILES string of the molecule is COCCC[n+]1c(N)c(C(N)=O)cc2c(=O)n3ccccc3nc21. The number of fused-ring (bicyclic) bond motifs is 2. The molecule has 124 valence electrons. The average molecular weight is 328 g/mol. The molecule has 4 N–H and O–H groups in total. The Labute approximate surface area is 137 Å². The van der Waals surface area contributed by atoms with Crippen molar-refractivity contribution < 1.29 is 14.1 Å². The van der Waals surface area contributed by atoms with Crippen LogP contribution in [0.4, 0.5) is 5.82 Å². The first-order valence-electron chi connectivity index (χ1n) is 7.46. The van der Waals surface area contributed by atoms with Crippen LogP contribution in [0.15, 0.2) is 35.3 Å². The van der Waals surface area contributed by atoms with Crippen molar-refractivity contribution in [1.29, 1.82) is 0 Å². The van der Waals surface area contributed by atoms with Crippen molar-refractivity contribution in [1.82, 2.24) is 9.38 Å². The van der Waals surface area contributed by atoms with Crippen LogP contribution in [0.2, 0.25) is 0 Å². The van der Waals surface area contributed by atoms with E-state index in [4.69, 9.17) is 16.2 Å². The van der Waals surface area contributed by atoms with E-state index >= 15 is 0 Å². The smallest absolute Gasteiger partial charge is 0.278 e. The van der Waals surface area contributed by atoms with Crippen molar-refractivity contribution in [2.75, 3.05) is 19.5 Å². The highest BCUT2D eigenvalue weighted by Gasteiger charge is 2.22. The first-order valence-corrected chi connectivity index (χ1v) is 7.46. The van der Waals surface area contributed by atoms with Gasteiger partial charge in [-0.05, 0) is 18.2 Å². The highest BCUT2D eigenvalue weighted by Crippen LogP contribution is 2.14. The van der Waals surface area contributed by atoms with Crippen LogP contribution < -0.4 is 21.6 Å². The number of carbonyl (C=O) groups is 1. The van der Waals surface area contributed by atoms with Crippen LogP contribution in [-0.2, 0) is 11.3 Å². The fourth-order valence-corrected chi connectivity index (χ4v) is 2.69. The van der Waals surface area contributed by atoms with Crippen molar-refractivity contribution in [2.24, 2.45) is 5.73 Å². The Balaban J connectivity index is 2.37. The monoisotopic (exact) mass is 328 g/mol. The molecule has 3 rings (SSSR count). The largest absolute Gasteiger partial charge is 0.385 e. The summed E-state index contributed by atoms with van der Waals surface area (Å²) in [7, 11) is 1.60. The van der Waals surface area contributed by atoms with Crippen LogP contribution in [0, 0.1) is 0 Å². The first kappa shape index (κ1) is 15.9. The molecular formula is C16H18N5O3+. The second kappa shape index (κ2) is 6.25. The Hall–Kier alpha value is -3.00. The molecule has 24 heavy (non-hydrogen) atoms. The van der Waals surface area contributed by atoms with E-state index in [0.717, 1.165) is 0 Å². The van der Waals surface area contributed by atoms with Crippen LogP contribution in [0.3, 0.4) is 0 Å². The molecule has 0 aliphatic carbocycles. The molecule has 3 heterocycles. The van der Waals surface area contributed by atoms with Gasteiger partial charge in [-0.1, -0.05) is 11.1 Å². The summed E-state index contributed by atoms with van der Waals surface area (Å²) < 4.78 is 8.12. The van der Waals surface area contributed by atoms with Crippen molar-refractivity contribution in [2.45, 2.75) is 13.0 Å². The van der Waals surface area contributed by atoms with Crippen molar-refractivity contribution in [3.63, 3.8) is 0 Å². The number of anilines is 1. The number of aryl methyl sites for hydroxylation is 1. The highest BCUT2D eigenvalue weighted by molar-refractivity contribution is 5.99. The van der Waals surface area contributed by atoms with Gasteiger partial charge in [-0.15, -0.1) is 0 Å². The van der Waals surface area contributed by atoms with E-state index in [1.165, 1.54) is 10.5 Å². The molecule has 0 bridgehead atoms. The van der Waals surface area contributed by atoms with Crippen molar-refractivity contribution >= 4 is 28.4 Å². The Kier molecular flexibility index (Phi) is 4.13. The van der Waals surface area contributed by atoms with Gasteiger partial charge in [0.05, 0.1) is 6.54 Å². The third kappa shape index (κ3) is 2.56. The molecule has 0 saturated heterocycles. The molecule has 0 radical (unpaired) electrons. The van der Waals surface area contributed by atoms with Crippen LogP contribution >= 0.6 is 0 Å². The molecule has 0 fully saturated rings. The number of hydrogen-bond acceptors (Lipinski definition) is 5. The minimum absolute atomic E-state index is 0.106. The number of methoxy groups -OCH3 is 1. The number of ether oxygens (including phenoxy) is 1. The van der Waals surface area contributed by atoms with Gasteiger partial charge in [-0.3, -0.25) is 14.0 Å². The summed E-state index contributed by atoms with van der Waals surface area (Å²) in [5.74, 6) is -0.495. The first-order chi connectivity index (χ1) is 11.5. The van der Waals surface area contributed by atoms with E-state index in [9.17, 15) is 9.59 Å². The van der Waals surface area contributed by atoms with Gasteiger partial charge >= 0.3 is 0 Å². The van der Waals surface area contributed by atoms with Crippen LogP contribution in [-0.4, -0.2) is 29.0 Å². The Morgan fingerprint density at radius 3 is 2.92 bits per heavy atom. The summed E-state index contributed by atoms with van der Waals surface area (Å²) >= 11 is 0. The maximum absolute atomic E-state index is 12.7. The number of amides is 1. The molecule has 8 nitrogen and oxygen atoms in total. The van der Waals surface area contributed by atoms with Gasteiger partial charge in [-0.25, -0.2) is 4.57 Å². The van der Waals surface area contributed by atoms with Crippen LogP contribution in [0.5, 0.6) is 0 Å². The van der Waals surface area contributed by atoms with E-state index in [2.05, 4.69) is 4.98 Å². The molecule has 0 unspecified atom stereocenters. The topological polar surface area (TPSA) is 117 Å². The van der Waals surface area contributed by atoms with Gasteiger partial charge in [0.1, 0.15) is 10.9 Å². The van der Waals surface area contributed by atoms with Crippen molar-refractivity contribution in [3.05, 3.63) is 46.4 Å². The molecule has 0 aliphatic rings. The molecule has 0 spiro atoms. The lowest BCUT2D eigenvalue weighted by atomic mass is 10.2. The van der Waals surface area contributed by atoms with Gasteiger partial charge in [0.2, 0.25) is 11.5 Å². The number of nitrogens with zero attached hydrogens (tertiary/aromatic N) is 3. The third-order valence-electron chi connectivity index (χ3n) is 3.86. The Morgan fingerprint density at radius 1 is 1.42 bits per heavy atom. The zero-order valence-electron chi connectivity index (χ0n) is 13.2. The molecule has 0 saturated carbocycles. The predicted octanol–water partition coefficient (Wildman–Crippen LogP) is -0.147. The number of pyridine rings is 2. The summed E-state index contributed by atoms with van der Waals surface area (Å²) in [6, 6.07) is 6.68. The molecule has 0 aliphatic heterocycles. The predicted molar refractivity (Wildman–Crippen MR) is 88.6 cm³/mol. The minimum atomic E-state index is -0.688. The lowest BCUT2D eigenvalue weighted by Crippen LogP contribution is -2.42. The minimum Gasteiger partial charge on any atom is -0.385 e. The number of nitrogen functional groups attached to an aromatic ring is 1. The van der Waals surface area contributed by atoms with Crippen LogP contribution in [0.1, 0.15) is 16.8 Å². The zero-order chi connectivity index (χ0) is 17.3. The normalized spacial score (nSPS) is 11.2. The molecule has 0 aromatic carbocycles. The van der Waals surface area contributed by atoms with E-state index in [0.29, 0.717) is 36.3 Å². The highest BCUT2D eigenvalue weighted by atomic mass is 16.5. The Bertz CT molecular complexity index is 996. The van der Waals surface area contributed by atoms with Gasteiger partial charge in [0.25, 0.3) is 17.1 Å². The summed E-state index contributed by atoms with van der Waals surface area (Å²) in [5.41, 5.74) is 12.3. The van der Waals surface area contributed by atoms with Gasteiger partial charge in [-0.2, -0.15) is 0 Å². The van der Waals surface area contributed by atoms with E-state index < -0.39 is 5.91 Å². The number of rotatable bonds is 5. The maximum Gasteiger partial charge on any atom is 0.278 e.